The third kappa shape index (κ3) is 5.16. The maximum Gasteiger partial charge on any atom is 0.320 e. The van der Waals surface area contributed by atoms with Gasteiger partial charge in [0.25, 0.3) is 0 Å². The predicted molar refractivity (Wildman–Crippen MR) is 119 cm³/mol. The van der Waals surface area contributed by atoms with Crippen LogP contribution < -0.4 is 16.0 Å². The van der Waals surface area contributed by atoms with Crippen LogP contribution in [0.3, 0.4) is 0 Å². The summed E-state index contributed by atoms with van der Waals surface area (Å²) in [6, 6.07) is 1.78. The van der Waals surface area contributed by atoms with Crippen LogP contribution in [0.2, 0.25) is 5.02 Å². The Hall–Kier alpha value is -2.65. The van der Waals surface area contributed by atoms with Crippen molar-refractivity contribution in [3.63, 3.8) is 0 Å². The first-order chi connectivity index (χ1) is 14.9. The number of rotatable bonds is 4. The molecule has 0 unspecified atom stereocenters. The molecule has 4 rings (SSSR count). The number of likely N-dealkylation sites (N-methyl/N-ethyl adjacent to an activating group) is 1. The van der Waals surface area contributed by atoms with E-state index in [1.54, 1.807) is 12.3 Å². The van der Waals surface area contributed by atoms with Crippen LogP contribution in [0.5, 0.6) is 0 Å². The molecule has 0 bridgehead atoms. The molecule has 2 aromatic heterocycles. The van der Waals surface area contributed by atoms with Crippen LogP contribution in [0, 0.1) is 0 Å². The molecule has 2 aromatic rings. The Kier molecular flexibility index (Phi) is 6.43. The zero-order chi connectivity index (χ0) is 22.0. The molecule has 10 heteroatoms. The number of pyridine rings is 1. The standard InChI is InChI=1S/C21H28ClN7O2/c1-13(30)25-14-3-5-15(6-4-14)26-21(31)27-20-9-16(18(22)11-23-20)17-10-24-29-8-7-28(2)12-19(17)29/h9-11,14-15H,3-8,12H2,1-2H3,(H,25,30)(H2,23,26,27,31). The summed E-state index contributed by atoms with van der Waals surface area (Å²) in [7, 11) is 2.08. The second kappa shape index (κ2) is 9.23. The van der Waals surface area contributed by atoms with Crippen LogP contribution in [0.15, 0.2) is 18.5 Å². The number of nitrogens with zero attached hydrogens (tertiary/aromatic N) is 4. The molecule has 2 aliphatic rings. The van der Waals surface area contributed by atoms with Gasteiger partial charge in [0.1, 0.15) is 5.82 Å². The fourth-order valence-corrected chi connectivity index (χ4v) is 4.52. The van der Waals surface area contributed by atoms with E-state index in [2.05, 4.69) is 38.0 Å². The van der Waals surface area contributed by atoms with Gasteiger partial charge in [0.2, 0.25) is 5.91 Å². The largest absolute Gasteiger partial charge is 0.354 e. The van der Waals surface area contributed by atoms with Crippen LogP contribution in [0.1, 0.15) is 38.3 Å². The van der Waals surface area contributed by atoms with E-state index in [1.165, 1.54) is 6.92 Å². The van der Waals surface area contributed by atoms with E-state index in [-0.39, 0.29) is 24.0 Å². The van der Waals surface area contributed by atoms with E-state index in [4.69, 9.17) is 11.6 Å². The molecule has 0 atom stereocenters. The van der Waals surface area contributed by atoms with E-state index in [9.17, 15) is 9.59 Å². The molecule has 0 spiro atoms. The number of urea groups is 1. The van der Waals surface area contributed by atoms with Crippen molar-refractivity contribution in [2.24, 2.45) is 0 Å². The minimum absolute atomic E-state index is 0.00916. The van der Waals surface area contributed by atoms with Gasteiger partial charge in [-0.25, -0.2) is 9.78 Å². The lowest BCUT2D eigenvalue weighted by molar-refractivity contribution is -0.119. The molecule has 0 aromatic carbocycles. The van der Waals surface area contributed by atoms with Gasteiger partial charge in [0.05, 0.1) is 23.5 Å². The number of anilines is 1. The zero-order valence-corrected chi connectivity index (χ0v) is 18.6. The molecule has 1 aliphatic carbocycles. The first-order valence-corrected chi connectivity index (χ1v) is 11.0. The Morgan fingerprint density at radius 1 is 1.06 bits per heavy atom. The fraction of sp³-hybridized carbons (Fsp3) is 0.524. The summed E-state index contributed by atoms with van der Waals surface area (Å²) in [4.78, 5) is 30.2. The molecule has 1 aliphatic heterocycles. The van der Waals surface area contributed by atoms with Crippen molar-refractivity contribution in [1.82, 2.24) is 30.3 Å². The lowest BCUT2D eigenvalue weighted by atomic mass is 9.91. The first kappa shape index (κ1) is 21.6. The summed E-state index contributed by atoms with van der Waals surface area (Å²) in [5.74, 6) is 0.429. The van der Waals surface area contributed by atoms with Crippen LogP contribution in [0.25, 0.3) is 11.1 Å². The van der Waals surface area contributed by atoms with Gasteiger partial charge in [-0.1, -0.05) is 11.6 Å². The second-order valence-corrected chi connectivity index (χ2v) is 8.77. The molecular formula is C21H28ClN7O2. The van der Waals surface area contributed by atoms with Gasteiger partial charge in [-0.15, -0.1) is 0 Å². The third-order valence-electron chi connectivity index (χ3n) is 5.92. The number of fused-ring (bicyclic) bond motifs is 1. The molecule has 3 amide bonds. The quantitative estimate of drug-likeness (QED) is 0.671. The monoisotopic (exact) mass is 445 g/mol. The summed E-state index contributed by atoms with van der Waals surface area (Å²) in [5, 5.41) is 13.8. The number of nitrogens with one attached hydrogen (secondary N) is 3. The van der Waals surface area contributed by atoms with Gasteiger partial charge in [0, 0.05) is 49.4 Å². The van der Waals surface area contributed by atoms with Crippen molar-refractivity contribution in [3.05, 3.63) is 29.2 Å². The van der Waals surface area contributed by atoms with Gasteiger partial charge < -0.3 is 10.6 Å². The van der Waals surface area contributed by atoms with Crippen LogP contribution in [-0.4, -0.2) is 57.3 Å². The number of aromatic nitrogens is 3. The highest BCUT2D eigenvalue weighted by Crippen LogP contribution is 2.33. The molecule has 1 saturated carbocycles. The van der Waals surface area contributed by atoms with Crippen molar-refractivity contribution in [1.29, 1.82) is 0 Å². The maximum atomic E-state index is 12.5. The van der Waals surface area contributed by atoms with E-state index in [1.807, 2.05) is 10.9 Å². The van der Waals surface area contributed by atoms with Crippen molar-refractivity contribution in [2.75, 3.05) is 18.9 Å². The average Bonchev–Trinajstić information content (AvgIpc) is 3.13. The van der Waals surface area contributed by atoms with E-state index in [0.29, 0.717) is 10.8 Å². The molecular weight excluding hydrogens is 418 g/mol. The number of carbonyl (C=O) groups is 2. The van der Waals surface area contributed by atoms with Crippen LogP contribution >= 0.6 is 11.6 Å². The fourth-order valence-electron chi connectivity index (χ4n) is 4.32. The van der Waals surface area contributed by atoms with Gasteiger partial charge in [-0.3, -0.25) is 19.7 Å². The number of halogens is 1. The minimum atomic E-state index is -0.291. The Morgan fingerprint density at radius 2 is 1.77 bits per heavy atom. The normalized spacial score (nSPS) is 21.3. The molecule has 0 radical (unpaired) electrons. The lowest BCUT2D eigenvalue weighted by Gasteiger charge is -2.29. The van der Waals surface area contributed by atoms with E-state index >= 15 is 0 Å². The topological polar surface area (TPSA) is 104 Å². The van der Waals surface area contributed by atoms with Gasteiger partial charge in [0.15, 0.2) is 0 Å². The molecule has 31 heavy (non-hydrogen) atoms. The minimum Gasteiger partial charge on any atom is -0.354 e. The van der Waals surface area contributed by atoms with Gasteiger partial charge >= 0.3 is 6.03 Å². The Labute approximate surface area is 186 Å². The third-order valence-corrected chi connectivity index (χ3v) is 6.22. The van der Waals surface area contributed by atoms with Gasteiger partial charge in [-0.05, 0) is 38.8 Å². The molecule has 3 heterocycles. The van der Waals surface area contributed by atoms with Crippen molar-refractivity contribution in [2.45, 2.75) is 57.8 Å². The van der Waals surface area contributed by atoms with Crippen molar-refractivity contribution >= 4 is 29.4 Å². The Balaban J connectivity index is 1.40. The highest BCUT2D eigenvalue weighted by Gasteiger charge is 2.24. The highest BCUT2D eigenvalue weighted by molar-refractivity contribution is 6.33. The van der Waals surface area contributed by atoms with Gasteiger partial charge in [-0.2, -0.15) is 5.10 Å². The highest BCUT2D eigenvalue weighted by atomic mass is 35.5. The predicted octanol–water partition coefficient (Wildman–Crippen LogP) is 2.61. The van der Waals surface area contributed by atoms with Crippen molar-refractivity contribution in [3.8, 4) is 11.1 Å². The summed E-state index contributed by atoms with van der Waals surface area (Å²) in [5.41, 5.74) is 2.87. The number of hydrogen-bond acceptors (Lipinski definition) is 5. The first-order valence-electron chi connectivity index (χ1n) is 10.6. The molecule has 1 fully saturated rings. The average molecular weight is 446 g/mol. The summed E-state index contributed by atoms with van der Waals surface area (Å²) >= 11 is 6.44. The van der Waals surface area contributed by atoms with E-state index < -0.39 is 0 Å². The lowest BCUT2D eigenvalue weighted by Crippen LogP contribution is -2.44. The smallest absolute Gasteiger partial charge is 0.320 e. The van der Waals surface area contributed by atoms with Crippen LogP contribution in [0.4, 0.5) is 10.6 Å². The summed E-state index contributed by atoms with van der Waals surface area (Å²) in [6.45, 7) is 4.12. The number of hydrogen-bond donors (Lipinski definition) is 3. The number of carbonyl (C=O) groups excluding carboxylic acids is 2. The SMILES string of the molecule is CC(=O)NC1CCC(NC(=O)Nc2cc(-c3cnn4c3CN(C)CC4)c(Cl)cn2)CC1. The zero-order valence-electron chi connectivity index (χ0n) is 17.8. The van der Waals surface area contributed by atoms with Crippen LogP contribution in [-0.2, 0) is 17.9 Å². The number of amides is 3. The maximum absolute atomic E-state index is 12.5. The second-order valence-electron chi connectivity index (χ2n) is 8.36. The molecule has 3 N–H and O–H groups in total. The Bertz CT molecular complexity index is 969. The summed E-state index contributed by atoms with van der Waals surface area (Å²) < 4.78 is 2.00. The molecule has 166 valence electrons. The van der Waals surface area contributed by atoms with Crippen molar-refractivity contribution < 1.29 is 9.59 Å². The molecule has 0 saturated heterocycles. The molecule has 9 nitrogen and oxygen atoms in total. The Morgan fingerprint density at radius 3 is 2.48 bits per heavy atom. The van der Waals surface area contributed by atoms with E-state index in [0.717, 1.165) is 62.1 Å². The summed E-state index contributed by atoms with van der Waals surface area (Å²) in [6.07, 6.45) is 6.75.